The molecule has 2 rings (SSSR count). The number of ether oxygens (including phenoxy) is 1. The second-order valence-corrected chi connectivity index (χ2v) is 6.85. The fourth-order valence-corrected chi connectivity index (χ4v) is 3.25. The molecule has 2 amide bonds. The van der Waals surface area contributed by atoms with Gasteiger partial charge in [0.25, 0.3) is 0 Å². The molecule has 1 unspecified atom stereocenters. The number of aryl methyl sites for hydroxylation is 1. The van der Waals surface area contributed by atoms with Crippen molar-refractivity contribution in [2.45, 2.75) is 51.5 Å². The number of hydrogen-bond acceptors (Lipinski definition) is 4. The van der Waals surface area contributed by atoms with Gasteiger partial charge in [-0.1, -0.05) is 12.1 Å². The van der Waals surface area contributed by atoms with Gasteiger partial charge in [0, 0.05) is 38.5 Å². The van der Waals surface area contributed by atoms with Gasteiger partial charge >= 0.3 is 0 Å². The topological polar surface area (TPSA) is 84.7 Å². The summed E-state index contributed by atoms with van der Waals surface area (Å²) in [6.07, 6.45) is 4.55. The Morgan fingerprint density at radius 3 is 2.85 bits per heavy atom. The Kier molecular flexibility index (Phi) is 10.8. The van der Waals surface area contributed by atoms with Crippen LogP contribution in [0.25, 0.3) is 0 Å². The van der Waals surface area contributed by atoms with E-state index in [1.807, 2.05) is 36.1 Å². The van der Waals surface area contributed by atoms with Crippen molar-refractivity contribution in [3.8, 4) is 5.75 Å². The maximum absolute atomic E-state index is 12.6. The third-order valence-electron chi connectivity index (χ3n) is 4.65. The van der Waals surface area contributed by atoms with E-state index >= 15 is 0 Å². The third-order valence-corrected chi connectivity index (χ3v) is 4.65. The summed E-state index contributed by atoms with van der Waals surface area (Å²) < 4.78 is 5.72. The van der Waals surface area contributed by atoms with Crippen molar-refractivity contribution in [1.29, 1.82) is 0 Å². The van der Waals surface area contributed by atoms with E-state index in [1.165, 1.54) is 0 Å². The van der Waals surface area contributed by atoms with Crippen LogP contribution in [0.2, 0.25) is 0 Å². The fourth-order valence-electron chi connectivity index (χ4n) is 3.25. The van der Waals surface area contributed by atoms with E-state index in [9.17, 15) is 9.59 Å². The Balaban J connectivity index is 0.00000364. The Bertz CT molecular complexity index is 598. The molecular weight excluding hydrogens is 366 g/mol. The van der Waals surface area contributed by atoms with Gasteiger partial charge in [-0.3, -0.25) is 9.59 Å². The zero-order chi connectivity index (χ0) is 18.8. The minimum atomic E-state index is -0.0444. The number of amides is 2. The molecule has 1 fully saturated rings. The molecule has 0 aliphatic carbocycles. The Morgan fingerprint density at radius 1 is 1.30 bits per heavy atom. The normalized spacial score (nSPS) is 16.4. The Hall–Kier alpha value is -1.79. The van der Waals surface area contributed by atoms with Crippen LogP contribution < -0.4 is 15.8 Å². The first-order valence-electron chi connectivity index (χ1n) is 9.56. The molecule has 0 bridgehead atoms. The zero-order valence-corrected chi connectivity index (χ0v) is 16.9. The molecular formula is C20H32ClN3O3. The zero-order valence-electron chi connectivity index (χ0n) is 16.1. The summed E-state index contributed by atoms with van der Waals surface area (Å²) in [5.74, 6) is 0.948. The lowest BCUT2D eigenvalue weighted by atomic mass is 10.0. The molecule has 0 radical (unpaired) electrons. The van der Waals surface area contributed by atoms with E-state index in [2.05, 4.69) is 5.32 Å². The molecule has 0 spiro atoms. The molecule has 0 saturated carbocycles. The average Bonchev–Trinajstić information content (AvgIpc) is 2.64. The minimum absolute atomic E-state index is 0. The van der Waals surface area contributed by atoms with E-state index in [-0.39, 0.29) is 30.3 Å². The van der Waals surface area contributed by atoms with Crippen LogP contribution in [0.1, 0.15) is 44.1 Å². The van der Waals surface area contributed by atoms with Crippen LogP contribution in [0.4, 0.5) is 0 Å². The first kappa shape index (κ1) is 23.2. The molecule has 152 valence electrons. The molecule has 7 heteroatoms. The number of nitrogens with one attached hydrogen (secondary N) is 1. The predicted octanol–water partition coefficient (Wildman–Crippen LogP) is 2.42. The minimum Gasteiger partial charge on any atom is -0.494 e. The maximum atomic E-state index is 12.6. The molecule has 1 heterocycles. The van der Waals surface area contributed by atoms with E-state index in [1.54, 1.807) is 0 Å². The van der Waals surface area contributed by atoms with Crippen molar-refractivity contribution in [2.75, 3.05) is 26.2 Å². The highest BCUT2D eigenvalue weighted by Gasteiger charge is 2.26. The largest absolute Gasteiger partial charge is 0.494 e. The van der Waals surface area contributed by atoms with Gasteiger partial charge in [0.2, 0.25) is 11.8 Å². The summed E-state index contributed by atoms with van der Waals surface area (Å²) in [6.45, 7) is 4.19. The van der Waals surface area contributed by atoms with E-state index in [4.69, 9.17) is 10.5 Å². The molecule has 1 aliphatic heterocycles. The lowest BCUT2D eigenvalue weighted by molar-refractivity contribution is -0.135. The number of piperidine rings is 1. The predicted molar refractivity (Wildman–Crippen MR) is 109 cm³/mol. The molecule has 6 nitrogen and oxygen atoms in total. The number of carbonyl (C=O) groups excluding carboxylic acids is 2. The number of rotatable bonds is 9. The number of nitrogens with two attached hydrogens (primary N) is 1. The van der Waals surface area contributed by atoms with Gasteiger partial charge in [0.05, 0.1) is 6.61 Å². The van der Waals surface area contributed by atoms with Crippen LogP contribution in [-0.4, -0.2) is 49.0 Å². The van der Waals surface area contributed by atoms with Gasteiger partial charge in [-0.05, 0) is 50.3 Å². The van der Waals surface area contributed by atoms with Crippen LogP contribution in [0, 0.1) is 6.92 Å². The van der Waals surface area contributed by atoms with Gasteiger partial charge in [-0.25, -0.2) is 0 Å². The van der Waals surface area contributed by atoms with Crippen molar-refractivity contribution >= 4 is 24.2 Å². The first-order valence-corrected chi connectivity index (χ1v) is 9.56. The molecule has 1 aromatic rings. The summed E-state index contributed by atoms with van der Waals surface area (Å²) in [4.78, 5) is 26.1. The van der Waals surface area contributed by atoms with E-state index in [0.29, 0.717) is 39.0 Å². The van der Waals surface area contributed by atoms with Crippen LogP contribution in [0.15, 0.2) is 24.3 Å². The third kappa shape index (κ3) is 8.18. The van der Waals surface area contributed by atoms with Gasteiger partial charge in [0.1, 0.15) is 5.75 Å². The molecule has 1 aliphatic rings. The summed E-state index contributed by atoms with van der Waals surface area (Å²) in [5.41, 5.74) is 6.55. The second kappa shape index (κ2) is 12.6. The van der Waals surface area contributed by atoms with Crippen molar-refractivity contribution < 1.29 is 14.3 Å². The highest BCUT2D eigenvalue weighted by atomic mass is 35.5. The standard InChI is InChI=1S/C20H31N3O3.ClH/c1-16-6-4-8-18(14-16)26-13-5-9-20(25)23-12-3-2-7-17(23)15-22-19(24)10-11-21;/h4,6,8,14,17H,2-3,5,7,9-13,15,21H2,1H3,(H,22,24);1H. The second-order valence-electron chi connectivity index (χ2n) is 6.85. The lowest BCUT2D eigenvalue weighted by Crippen LogP contribution is -2.49. The Labute approximate surface area is 168 Å². The number of likely N-dealkylation sites (tertiary alicyclic amines) is 1. The average molecular weight is 398 g/mol. The van der Waals surface area contributed by atoms with Crippen molar-refractivity contribution in [3.05, 3.63) is 29.8 Å². The van der Waals surface area contributed by atoms with Crippen LogP contribution in [0.5, 0.6) is 5.75 Å². The quantitative estimate of drug-likeness (QED) is 0.626. The molecule has 1 saturated heterocycles. The molecule has 27 heavy (non-hydrogen) atoms. The van der Waals surface area contributed by atoms with E-state index < -0.39 is 0 Å². The molecule has 3 N–H and O–H groups in total. The van der Waals surface area contributed by atoms with Gasteiger partial charge in [0.15, 0.2) is 0 Å². The number of nitrogens with zero attached hydrogens (tertiary/aromatic N) is 1. The Morgan fingerprint density at radius 2 is 2.11 bits per heavy atom. The summed E-state index contributed by atoms with van der Waals surface area (Å²) in [5, 5.41) is 2.89. The molecule has 1 atom stereocenters. The van der Waals surface area contributed by atoms with Crippen LogP contribution in [0.3, 0.4) is 0 Å². The number of carbonyl (C=O) groups is 2. The van der Waals surface area contributed by atoms with Crippen molar-refractivity contribution in [1.82, 2.24) is 10.2 Å². The summed E-state index contributed by atoms with van der Waals surface area (Å²) in [7, 11) is 0. The van der Waals surface area contributed by atoms with Gasteiger partial charge in [-0.2, -0.15) is 0 Å². The molecule has 0 aromatic heterocycles. The number of hydrogen-bond donors (Lipinski definition) is 2. The fraction of sp³-hybridized carbons (Fsp3) is 0.600. The lowest BCUT2D eigenvalue weighted by Gasteiger charge is -2.36. The van der Waals surface area contributed by atoms with E-state index in [0.717, 1.165) is 37.1 Å². The summed E-state index contributed by atoms with van der Waals surface area (Å²) >= 11 is 0. The summed E-state index contributed by atoms with van der Waals surface area (Å²) in [6, 6.07) is 8.01. The SMILES string of the molecule is Cc1cccc(OCCCC(=O)N2CCCCC2CNC(=O)CCN)c1.Cl. The number of halogens is 1. The van der Waals surface area contributed by atoms with Gasteiger partial charge in [-0.15, -0.1) is 12.4 Å². The monoisotopic (exact) mass is 397 g/mol. The number of benzene rings is 1. The van der Waals surface area contributed by atoms with Gasteiger partial charge < -0.3 is 20.7 Å². The highest BCUT2D eigenvalue weighted by Crippen LogP contribution is 2.18. The first-order chi connectivity index (χ1) is 12.6. The molecule has 1 aromatic carbocycles. The van der Waals surface area contributed by atoms with Crippen molar-refractivity contribution in [3.63, 3.8) is 0 Å². The maximum Gasteiger partial charge on any atom is 0.223 e. The smallest absolute Gasteiger partial charge is 0.223 e. The van der Waals surface area contributed by atoms with Crippen LogP contribution in [-0.2, 0) is 9.59 Å². The van der Waals surface area contributed by atoms with Crippen molar-refractivity contribution in [2.24, 2.45) is 5.73 Å². The van der Waals surface area contributed by atoms with Crippen LogP contribution >= 0.6 is 12.4 Å². The highest BCUT2D eigenvalue weighted by molar-refractivity contribution is 5.85.